The number of benzene rings is 3. The summed E-state index contributed by atoms with van der Waals surface area (Å²) in [6.45, 7) is 5.65. The number of carbonyl (C=O) groups excluding carboxylic acids is 2. The van der Waals surface area contributed by atoms with Gasteiger partial charge in [0.1, 0.15) is 0 Å². The van der Waals surface area contributed by atoms with Gasteiger partial charge in [-0.25, -0.2) is 4.79 Å². The number of rotatable bonds is 7. The fourth-order valence-electron chi connectivity index (χ4n) is 3.06. The Morgan fingerprint density at radius 1 is 0.900 bits per heavy atom. The number of ether oxygens (including phenoxy) is 1. The van der Waals surface area contributed by atoms with Crippen molar-refractivity contribution in [2.75, 3.05) is 11.9 Å². The van der Waals surface area contributed by atoms with Crippen LogP contribution in [-0.2, 0) is 9.53 Å². The second-order valence-electron chi connectivity index (χ2n) is 7.25. The number of anilines is 2. The van der Waals surface area contributed by atoms with Gasteiger partial charge in [-0.3, -0.25) is 4.79 Å². The molecule has 1 amide bonds. The SMILES string of the molecule is Cc1ccc([C@H](C)NC(=O)COC(=O)c2ccccc2Nc2ccccc2)cc1C. The number of amides is 1. The molecule has 0 fully saturated rings. The van der Waals surface area contributed by atoms with E-state index in [1.807, 2.05) is 69.3 Å². The van der Waals surface area contributed by atoms with E-state index in [-0.39, 0.29) is 18.6 Å². The highest BCUT2D eigenvalue weighted by Gasteiger charge is 2.16. The average Bonchev–Trinajstić information content (AvgIpc) is 2.75. The molecule has 2 N–H and O–H groups in total. The molecule has 3 aromatic carbocycles. The molecule has 0 aliphatic carbocycles. The quantitative estimate of drug-likeness (QED) is 0.541. The maximum absolute atomic E-state index is 12.6. The maximum Gasteiger partial charge on any atom is 0.340 e. The molecule has 3 aromatic rings. The Labute approximate surface area is 177 Å². The first-order valence-electron chi connectivity index (χ1n) is 9.89. The van der Waals surface area contributed by atoms with Gasteiger partial charge in [0.2, 0.25) is 0 Å². The summed E-state index contributed by atoms with van der Waals surface area (Å²) in [4.78, 5) is 24.8. The predicted octanol–water partition coefficient (Wildman–Crippen LogP) is 5.08. The van der Waals surface area contributed by atoms with Gasteiger partial charge in [0.05, 0.1) is 17.3 Å². The van der Waals surface area contributed by atoms with Crippen LogP contribution in [0.25, 0.3) is 0 Å². The number of hydrogen-bond acceptors (Lipinski definition) is 4. The minimum Gasteiger partial charge on any atom is -0.452 e. The summed E-state index contributed by atoms with van der Waals surface area (Å²) in [5.41, 5.74) is 5.23. The van der Waals surface area contributed by atoms with Gasteiger partial charge < -0.3 is 15.4 Å². The minimum absolute atomic E-state index is 0.178. The van der Waals surface area contributed by atoms with Gasteiger partial charge in [-0.2, -0.15) is 0 Å². The molecule has 0 radical (unpaired) electrons. The van der Waals surface area contributed by atoms with E-state index in [0.29, 0.717) is 11.3 Å². The Morgan fingerprint density at radius 2 is 1.60 bits per heavy atom. The van der Waals surface area contributed by atoms with Crippen molar-refractivity contribution < 1.29 is 14.3 Å². The summed E-state index contributed by atoms with van der Waals surface area (Å²) in [5.74, 6) is -0.898. The van der Waals surface area contributed by atoms with E-state index in [2.05, 4.69) is 16.7 Å². The largest absolute Gasteiger partial charge is 0.452 e. The van der Waals surface area contributed by atoms with Crippen molar-refractivity contribution in [2.24, 2.45) is 0 Å². The Hall–Kier alpha value is -3.60. The van der Waals surface area contributed by atoms with Crippen LogP contribution in [0.5, 0.6) is 0 Å². The molecule has 1 atom stereocenters. The molecule has 0 aromatic heterocycles. The average molecular weight is 402 g/mol. The summed E-state index contributed by atoms with van der Waals surface area (Å²) in [7, 11) is 0. The number of esters is 1. The lowest BCUT2D eigenvalue weighted by Gasteiger charge is -2.16. The Bertz CT molecular complexity index is 1030. The summed E-state index contributed by atoms with van der Waals surface area (Å²) >= 11 is 0. The lowest BCUT2D eigenvalue weighted by atomic mass is 10.0. The Morgan fingerprint density at radius 3 is 2.33 bits per heavy atom. The van der Waals surface area contributed by atoms with E-state index in [1.165, 1.54) is 11.1 Å². The number of aryl methyl sites for hydroxylation is 2. The lowest BCUT2D eigenvalue weighted by Crippen LogP contribution is -2.31. The fourth-order valence-corrected chi connectivity index (χ4v) is 3.06. The second kappa shape index (κ2) is 9.74. The summed E-state index contributed by atoms with van der Waals surface area (Å²) < 4.78 is 5.26. The zero-order valence-corrected chi connectivity index (χ0v) is 17.4. The second-order valence-corrected chi connectivity index (χ2v) is 7.25. The van der Waals surface area contributed by atoms with Crippen molar-refractivity contribution in [1.29, 1.82) is 0 Å². The molecule has 3 rings (SSSR count). The van der Waals surface area contributed by atoms with Gasteiger partial charge in [-0.1, -0.05) is 48.5 Å². The molecule has 0 bridgehead atoms. The van der Waals surface area contributed by atoms with Crippen LogP contribution < -0.4 is 10.6 Å². The standard InChI is InChI=1S/C25H26N2O3/c1-17-13-14-20(15-18(17)2)19(3)26-24(28)16-30-25(29)22-11-7-8-12-23(22)27-21-9-5-4-6-10-21/h4-15,19,27H,16H2,1-3H3,(H,26,28)/t19-/m0/s1. The highest BCUT2D eigenvalue weighted by Crippen LogP contribution is 2.21. The van der Waals surface area contributed by atoms with Crippen LogP contribution in [0.2, 0.25) is 0 Å². The van der Waals surface area contributed by atoms with Gasteiger partial charge in [0.15, 0.2) is 6.61 Å². The van der Waals surface area contributed by atoms with E-state index in [1.54, 1.807) is 18.2 Å². The molecule has 0 saturated heterocycles. The van der Waals surface area contributed by atoms with E-state index in [4.69, 9.17) is 4.74 Å². The number of hydrogen-bond donors (Lipinski definition) is 2. The van der Waals surface area contributed by atoms with Crippen molar-refractivity contribution in [3.8, 4) is 0 Å². The number of nitrogens with one attached hydrogen (secondary N) is 2. The van der Waals surface area contributed by atoms with E-state index in [0.717, 1.165) is 11.3 Å². The zero-order chi connectivity index (χ0) is 21.5. The molecule has 30 heavy (non-hydrogen) atoms. The first-order chi connectivity index (χ1) is 14.4. The third-order valence-corrected chi connectivity index (χ3v) is 4.94. The van der Waals surface area contributed by atoms with Crippen molar-refractivity contribution >= 4 is 23.3 Å². The Kier molecular flexibility index (Phi) is 6.86. The van der Waals surface area contributed by atoms with Crippen molar-refractivity contribution in [3.63, 3.8) is 0 Å². The molecule has 154 valence electrons. The van der Waals surface area contributed by atoms with Crippen LogP contribution >= 0.6 is 0 Å². The fraction of sp³-hybridized carbons (Fsp3) is 0.200. The predicted molar refractivity (Wildman–Crippen MR) is 119 cm³/mol. The first-order valence-corrected chi connectivity index (χ1v) is 9.89. The summed E-state index contributed by atoms with van der Waals surface area (Å²) in [5, 5.41) is 6.08. The van der Waals surface area contributed by atoms with Crippen molar-refractivity contribution in [1.82, 2.24) is 5.32 Å². The topological polar surface area (TPSA) is 67.4 Å². The zero-order valence-electron chi connectivity index (χ0n) is 17.4. The molecule has 5 heteroatoms. The molecule has 0 aliphatic heterocycles. The highest BCUT2D eigenvalue weighted by atomic mass is 16.5. The smallest absolute Gasteiger partial charge is 0.340 e. The Balaban J connectivity index is 1.59. The third kappa shape index (κ3) is 5.47. The van der Waals surface area contributed by atoms with Crippen LogP contribution in [0.4, 0.5) is 11.4 Å². The van der Waals surface area contributed by atoms with Crippen LogP contribution in [0.15, 0.2) is 72.8 Å². The molecule has 5 nitrogen and oxygen atoms in total. The monoisotopic (exact) mass is 402 g/mol. The lowest BCUT2D eigenvalue weighted by molar-refractivity contribution is -0.124. The van der Waals surface area contributed by atoms with E-state index >= 15 is 0 Å². The molecular formula is C25H26N2O3. The van der Waals surface area contributed by atoms with Gasteiger partial charge in [0, 0.05) is 5.69 Å². The van der Waals surface area contributed by atoms with Crippen molar-refractivity contribution in [2.45, 2.75) is 26.8 Å². The molecule has 0 heterocycles. The van der Waals surface area contributed by atoms with Gasteiger partial charge in [-0.05, 0) is 61.7 Å². The van der Waals surface area contributed by atoms with Crippen molar-refractivity contribution in [3.05, 3.63) is 95.1 Å². The van der Waals surface area contributed by atoms with Gasteiger partial charge >= 0.3 is 5.97 Å². The van der Waals surface area contributed by atoms with Crippen LogP contribution in [-0.4, -0.2) is 18.5 Å². The number of para-hydroxylation sites is 2. The maximum atomic E-state index is 12.6. The summed E-state index contributed by atoms with van der Waals surface area (Å²) in [6.07, 6.45) is 0. The molecular weight excluding hydrogens is 376 g/mol. The number of carbonyl (C=O) groups is 2. The van der Waals surface area contributed by atoms with Gasteiger partial charge in [-0.15, -0.1) is 0 Å². The normalized spacial score (nSPS) is 11.4. The molecule has 0 unspecified atom stereocenters. The molecule has 0 spiro atoms. The third-order valence-electron chi connectivity index (χ3n) is 4.94. The van der Waals surface area contributed by atoms with E-state index < -0.39 is 5.97 Å². The molecule has 0 saturated carbocycles. The molecule has 0 aliphatic rings. The van der Waals surface area contributed by atoms with Crippen LogP contribution in [0.1, 0.15) is 40.0 Å². The van der Waals surface area contributed by atoms with Gasteiger partial charge in [0.25, 0.3) is 5.91 Å². The highest BCUT2D eigenvalue weighted by molar-refractivity contribution is 5.97. The first kappa shape index (κ1) is 21.1. The summed E-state index contributed by atoms with van der Waals surface area (Å²) in [6, 6.07) is 22.5. The van der Waals surface area contributed by atoms with Crippen LogP contribution in [0.3, 0.4) is 0 Å². The van der Waals surface area contributed by atoms with E-state index in [9.17, 15) is 9.59 Å². The minimum atomic E-state index is -0.553. The van der Waals surface area contributed by atoms with Crippen LogP contribution in [0, 0.1) is 13.8 Å².